The summed E-state index contributed by atoms with van der Waals surface area (Å²) in [5.74, 6) is -1.05. The standard InChI is InChI=1S/C10H12N4O2/c1-7-3-2-4-8(5-7)13-9(10(15)16)6-12-14-11/h2-5,9,13H,6H2,1H3,(H,15,16). The molecule has 1 atom stereocenters. The van der Waals surface area contributed by atoms with Crippen LogP contribution in [-0.4, -0.2) is 23.7 Å². The number of carboxylic acids is 1. The maximum Gasteiger partial charge on any atom is 0.326 e. The van der Waals surface area contributed by atoms with Crippen molar-refractivity contribution in [1.82, 2.24) is 0 Å². The third-order valence-corrected chi connectivity index (χ3v) is 1.98. The molecule has 0 fully saturated rings. The third-order valence-electron chi connectivity index (χ3n) is 1.98. The molecule has 0 spiro atoms. The van der Waals surface area contributed by atoms with E-state index in [4.69, 9.17) is 10.6 Å². The van der Waals surface area contributed by atoms with Crippen molar-refractivity contribution in [2.75, 3.05) is 11.9 Å². The zero-order chi connectivity index (χ0) is 12.0. The highest BCUT2D eigenvalue weighted by molar-refractivity contribution is 5.77. The van der Waals surface area contributed by atoms with Gasteiger partial charge in [0, 0.05) is 10.6 Å². The quantitative estimate of drug-likeness (QED) is 0.452. The first-order chi connectivity index (χ1) is 7.63. The molecule has 6 nitrogen and oxygen atoms in total. The molecule has 16 heavy (non-hydrogen) atoms. The Balaban J connectivity index is 2.75. The number of benzene rings is 1. The van der Waals surface area contributed by atoms with Gasteiger partial charge < -0.3 is 10.4 Å². The maximum absolute atomic E-state index is 10.8. The Morgan fingerprint density at radius 2 is 2.44 bits per heavy atom. The Kier molecular flexibility index (Phi) is 4.17. The molecule has 1 aromatic carbocycles. The van der Waals surface area contributed by atoms with Crippen molar-refractivity contribution >= 4 is 11.7 Å². The molecule has 0 aliphatic carbocycles. The molecule has 0 saturated carbocycles. The molecule has 0 radical (unpaired) electrons. The zero-order valence-electron chi connectivity index (χ0n) is 8.79. The van der Waals surface area contributed by atoms with Gasteiger partial charge in [-0.2, -0.15) is 0 Å². The summed E-state index contributed by atoms with van der Waals surface area (Å²) in [4.78, 5) is 13.4. The van der Waals surface area contributed by atoms with Gasteiger partial charge in [-0.25, -0.2) is 4.79 Å². The molecular weight excluding hydrogens is 208 g/mol. The van der Waals surface area contributed by atoms with Gasteiger partial charge in [-0.3, -0.25) is 0 Å². The second kappa shape index (κ2) is 5.63. The minimum atomic E-state index is -1.05. The van der Waals surface area contributed by atoms with Gasteiger partial charge in [0.2, 0.25) is 0 Å². The van der Waals surface area contributed by atoms with E-state index in [1.165, 1.54) is 0 Å². The second-order valence-corrected chi connectivity index (χ2v) is 3.32. The van der Waals surface area contributed by atoms with Crippen LogP contribution < -0.4 is 5.32 Å². The minimum absolute atomic E-state index is 0.125. The van der Waals surface area contributed by atoms with E-state index in [0.29, 0.717) is 5.69 Å². The number of aryl methyl sites for hydroxylation is 1. The van der Waals surface area contributed by atoms with E-state index in [-0.39, 0.29) is 6.54 Å². The van der Waals surface area contributed by atoms with Crippen LogP contribution in [0, 0.1) is 6.92 Å². The molecule has 6 heteroatoms. The van der Waals surface area contributed by atoms with Gasteiger partial charge in [-0.05, 0) is 30.2 Å². The number of azide groups is 1. The van der Waals surface area contributed by atoms with Crippen LogP contribution in [0.25, 0.3) is 10.4 Å². The largest absolute Gasteiger partial charge is 0.480 e. The highest BCUT2D eigenvalue weighted by Gasteiger charge is 2.15. The number of anilines is 1. The van der Waals surface area contributed by atoms with Crippen molar-refractivity contribution < 1.29 is 9.90 Å². The molecule has 0 amide bonds. The lowest BCUT2D eigenvalue weighted by Crippen LogP contribution is -2.31. The summed E-state index contributed by atoms with van der Waals surface area (Å²) in [6.07, 6.45) is 0. The Morgan fingerprint density at radius 3 is 3.00 bits per heavy atom. The monoisotopic (exact) mass is 220 g/mol. The molecular formula is C10H12N4O2. The number of hydrogen-bond acceptors (Lipinski definition) is 3. The Bertz CT molecular complexity index is 427. The number of hydrogen-bond donors (Lipinski definition) is 2. The molecule has 1 aromatic rings. The molecule has 1 unspecified atom stereocenters. The van der Waals surface area contributed by atoms with Gasteiger partial charge in [0.15, 0.2) is 0 Å². The van der Waals surface area contributed by atoms with Crippen molar-refractivity contribution in [3.8, 4) is 0 Å². The lowest BCUT2D eigenvalue weighted by atomic mass is 10.2. The van der Waals surface area contributed by atoms with Gasteiger partial charge in [0.25, 0.3) is 0 Å². The summed E-state index contributed by atoms with van der Waals surface area (Å²) in [6.45, 7) is 1.79. The molecule has 0 heterocycles. The maximum atomic E-state index is 10.8. The lowest BCUT2D eigenvalue weighted by Gasteiger charge is -2.13. The summed E-state index contributed by atoms with van der Waals surface area (Å²) in [5, 5.41) is 14.9. The van der Waals surface area contributed by atoms with Crippen molar-refractivity contribution in [2.24, 2.45) is 5.11 Å². The average Bonchev–Trinajstić information content (AvgIpc) is 2.24. The van der Waals surface area contributed by atoms with Gasteiger partial charge in [-0.15, -0.1) is 0 Å². The first kappa shape index (κ1) is 11.9. The molecule has 0 aliphatic rings. The first-order valence-electron chi connectivity index (χ1n) is 4.70. The normalized spacial score (nSPS) is 11.3. The molecule has 2 N–H and O–H groups in total. The number of rotatable bonds is 5. The lowest BCUT2D eigenvalue weighted by molar-refractivity contribution is -0.137. The predicted molar refractivity (Wildman–Crippen MR) is 60.2 cm³/mol. The highest BCUT2D eigenvalue weighted by Crippen LogP contribution is 2.11. The zero-order valence-corrected chi connectivity index (χ0v) is 8.79. The fraction of sp³-hybridized carbons (Fsp3) is 0.300. The number of nitrogens with one attached hydrogen (secondary N) is 1. The van der Waals surface area contributed by atoms with Crippen LogP contribution in [0.2, 0.25) is 0 Å². The van der Waals surface area contributed by atoms with E-state index in [1.54, 1.807) is 6.07 Å². The van der Waals surface area contributed by atoms with Crippen molar-refractivity contribution in [2.45, 2.75) is 13.0 Å². The van der Waals surface area contributed by atoms with Crippen LogP contribution in [0.1, 0.15) is 5.56 Å². The van der Waals surface area contributed by atoms with Crippen molar-refractivity contribution in [3.63, 3.8) is 0 Å². The number of carboxylic acid groups (broad SMARTS) is 1. The summed E-state index contributed by atoms with van der Waals surface area (Å²) in [6, 6.07) is 6.42. The molecule has 84 valence electrons. The van der Waals surface area contributed by atoms with Gasteiger partial charge in [0.05, 0.1) is 6.54 Å². The van der Waals surface area contributed by atoms with Gasteiger partial charge in [0.1, 0.15) is 6.04 Å². The van der Waals surface area contributed by atoms with E-state index < -0.39 is 12.0 Å². The van der Waals surface area contributed by atoms with Crippen LogP contribution in [0.3, 0.4) is 0 Å². The van der Waals surface area contributed by atoms with Crippen molar-refractivity contribution in [1.29, 1.82) is 0 Å². The third kappa shape index (κ3) is 3.51. The summed E-state index contributed by atoms with van der Waals surface area (Å²) < 4.78 is 0. The van der Waals surface area contributed by atoms with E-state index in [2.05, 4.69) is 15.3 Å². The first-order valence-corrected chi connectivity index (χ1v) is 4.70. The molecule has 0 bridgehead atoms. The number of nitrogens with zero attached hydrogens (tertiary/aromatic N) is 3. The predicted octanol–water partition coefficient (Wildman–Crippen LogP) is 2.17. The van der Waals surface area contributed by atoms with E-state index >= 15 is 0 Å². The second-order valence-electron chi connectivity index (χ2n) is 3.32. The summed E-state index contributed by atoms with van der Waals surface area (Å²) in [7, 11) is 0. The highest BCUT2D eigenvalue weighted by atomic mass is 16.4. The van der Waals surface area contributed by atoms with Gasteiger partial charge >= 0.3 is 5.97 Å². The van der Waals surface area contributed by atoms with E-state index in [0.717, 1.165) is 5.56 Å². The van der Waals surface area contributed by atoms with Crippen LogP contribution in [0.5, 0.6) is 0 Å². The van der Waals surface area contributed by atoms with Gasteiger partial charge in [-0.1, -0.05) is 17.2 Å². The molecule has 1 rings (SSSR count). The average molecular weight is 220 g/mol. The fourth-order valence-electron chi connectivity index (χ4n) is 1.24. The SMILES string of the molecule is Cc1cccc(NC(CN=[N+]=[N-])C(=O)O)c1. The molecule has 0 saturated heterocycles. The van der Waals surface area contributed by atoms with Crippen LogP contribution >= 0.6 is 0 Å². The topological polar surface area (TPSA) is 98.1 Å². The molecule has 0 aliphatic heterocycles. The van der Waals surface area contributed by atoms with E-state index in [1.807, 2.05) is 25.1 Å². The Hall–Kier alpha value is -2.20. The van der Waals surface area contributed by atoms with Crippen molar-refractivity contribution in [3.05, 3.63) is 40.3 Å². The van der Waals surface area contributed by atoms with Crippen LogP contribution in [-0.2, 0) is 4.79 Å². The Labute approximate surface area is 92.5 Å². The smallest absolute Gasteiger partial charge is 0.326 e. The molecule has 0 aromatic heterocycles. The minimum Gasteiger partial charge on any atom is -0.480 e. The van der Waals surface area contributed by atoms with E-state index in [9.17, 15) is 4.79 Å². The summed E-state index contributed by atoms with van der Waals surface area (Å²) in [5.41, 5.74) is 9.87. The number of carbonyl (C=O) groups is 1. The summed E-state index contributed by atoms with van der Waals surface area (Å²) >= 11 is 0. The van der Waals surface area contributed by atoms with Crippen LogP contribution in [0.4, 0.5) is 5.69 Å². The van der Waals surface area contributed by atoms with Crippen LogP contribution in [0.15, 0.2) is 29.4 Å². The Morgan fingerprint density at radius 1 is 1.69 bits per heavy atom. The number of aliphatic carboxylic acids is 1. The fourth-order valence-corrected chi connectivity index (χ4v) is 1.24.